The van der Waals surface area contributed by atoms with Crippen LogP contribution in [0.25, 0.3) is 11.1 Å². The molecule has 2 aromatic carbocycles. The van der Waals surface area contributed by atoms with Crippen LogP contribution in [0, 0.1) is 11.6 Å². The summed E-state index contributed by atoms with van der Waals surface area (Å²) in [6.07, 6.45) is -0.0975. The van der Waals surface area contributed by atoms with E-state index in [2.05, 4.69) is 4.98 Å². The highest BCUT2D eigenvalue weighted by atomic mass is 19.2. The van der Waals surface area contributed by atoms with Gasteiger partial charge in [0, 0.05) is 5.56 Å². The average molecular weight is 273 g/mol. The summed E-state index contributed by atoms with van der Waals surface area (Å²) in [6.45, 7) is 0. The Bertz CT molecular complexity index is 762. The van der Waals surface area contributed by atoms with E-state index in [1.54, 1.807) is 18.2 Å². The topological polar surface area (TPSA) is 43.1 Å². The van der Waals surface area contributed by atoms with Gasteiger partial charge in [-0.2, -0.15) is 0 Å². The molecular formula is C15H9F2NO2. The molecule has 1 heterocycles. The van der Waals surface area contributed by atoms with Crippen LogP contribution in [0.5, 0.6) is 0 Å². The SMILES string of the molecule is O=C(Cc1nc2ccccc2o1)c1ccc(F)c(F)c1. The Balaban J connectivity index is 1.86. The van der Waals surface area contributed by atoms with Gasteiger partial charge in [0.15, 0.2) is 23.0 Å². The summed E-state index contributed by atoms with van der Waals surface area (Å²) in [5.74, 6) is -2.16. The highest BCUT2D eigenvalue weighted by Gasteiger charge is 2.14. The summed E-state index contributed by atoms with van der Waals surface area (Å²) >= 11 is 0. The number of Topliss-reactive ketones (excluding diaryl/α,β-unsaturated/α-hetero) is 1. The zero-order chi connectivity index (χ0) is 14.1. The zero-order valence-corrected chi connectivity index (χ0v) is 10.3. The average Bonchev–Trinajstić information content (AvgIpc) is 2.83. The van der Waals surface area contributed by atoms with Crippen molar-refractivity contribution in [3.05, 3.63) is 65.6 Å². The molecule has 0 atom stereocenters. The minimum Gasteiger partial charge on any atom is -0.440 e. The highest BCUT2D eigenvalue weighted by molar-refractivity contribution is 5.97. The van der Waals surface area contributed by atoms with Crippen molar-refractivity contribution in [3.8, 4) is 0 Å². The van der Waals surface area contributed by atoms with E-state index in [1.807, 2.05) is 6.07 Å². The maximum atomic E-state index is 13.1. The Hall–Kier alpha value is -2.56. The quantitative estimate of drug-likeness (QED) is 0.685. The minimum atomic E-state index is -1.05. The molecule has 0 N–H and O–H groups in total. The van der Waals surface area contributed by atoms with Crippen molar-refractivity contribution in [2.75, 3.05) is 0 Å². The summed E-state index contributed by atoms with van der Waals surface area (Å²) in [4.78, 5) is 16.1. The number of oxazole rings is 1. The number of carbonyl (C=O) groups is 1. The van der Waals surface area contributed by atoms with Crippen molar-refractivity contribution in [1.82, 2.24) is 4.98 Å². The molecule has 0 amide bonds. The molecule has 0 spiro atoms. The second kappa shape index (κ2) is 4.85. The molecule has 3 aromatic rings. The predicted molar refractivity (Wildman–Crippen MR) is 68.4 cm³/mol. The van der Waals surface area contributed by atoms with Gasteiger partial charge in [0.25, 0.3) is 0 Å². The normalized spacial score (nSPS) is 10.9. The Morgan fingerprint density at radius 1 is 1.10 bits per heavy atom. The number of ketones is 1. The fraction of sp³-hybridized carbons (Fsp3) is 0.0667. The van der Waals surface area contributed by atoms with Gasteiger partial charge in [0.2, 0.25) is 5.89 Å². The number of aromatic nitrogens is 1. The van der Waals surface area contributed by atoms with Gasteiger partial charge in [-0.15, -0.1) is 0 Å². The second-order valence-electron chi connectivity index (χ2n) is 4.30. The molecule has 0 bridgehead atoms. The third-order valence-electron chi connectivity index (χ3n) is 2.89. The van der Waals surface area contributed by atoms with Crippen molar-refractivity contribution in [2.24, 2.45) is 0 Å². The van der Waals surface area contributed by atoms with E-state index in [9.17, 15) is 13.6 Å². The van der Waals surface area contributed by atoms with E-state index in [4.69, 9.17) is 4.42 Å². The molecule has 0 aliphatic rings. The Kier molecular flexibility index (Phi) is 3.02. The van der Waals surface area contributed by atoms with Crippen molar-refractivity contribution in [2.45, 2.75) is 6.42 Å². The summed E-state index contributed by atoms with van der Waals surface area (Å²) < 4.78 is 31.3. The molecule has 0 aliphatic heterocycles. The first kappa shape index (κ1) is 12.5. The van der Waals surface area contributed by atoms with Gasteiger partial charge in [0.1, 0.15) is 5.52 Å². The van der Waals surface area contributed by atoms with E-state index in [1.165, 1.54) is 6.07 Å². The fourth-order valence-electron chi connectivity index (χ4n) is 1.90. The van der Waals surface area contributed by atoms with Crippen LogP contribution in [0.4, 0.5) is 8.78 Å². The molecule has 1 aromatic heterocycles. The van der Waals surface area contributed by atoms with E-state index < -0.39 is 11.6 Å². The molecule has 0 fully saturated rings. The number of hydrogen-bond acceptors (Lipinski definition) is 3. The van der Waals surface area contributed by atoms with Crippen molar-refractivity contribution in [3.63, 3.8) is 0 Å². The molecule has 20 heavy (non-hydrogen) atoms. The van der Waals surface area contributed by atoms with Gasteiger partial charge in [0.05, 0.1) is 6.42 Å². The van der Waals surface area contributed by atoms with Crippen molar-refractivity contribution >= 4 is 16.9 Å². The third-order valence-corrected chi connectivity index (χ3v) is 2.89. The van der Waals surface area contributed by atoms with E-state index in [0.29, 0.717) is 11.1 Å². The lowest BCUT2D eigenvalue weighted by atomic mass is 10.1. The van der Waals surface area contributed by atoms with Crippen LogP contribution in [-0.2, 0) is 6.42 Å². The van der Waals surface area contributed by atoms with Crippen LogP contribution in [0.15, 0.2) is 46.9 Å². The Morgan fingerprint density at radius 2 is 1.90 bits per heavy atom. The first-order chi connectivity index (χ1) is 9.63. The standard InChI is InChI=1S/C15H9F2NO2/c16-10-6-5-9(7-11(10)17)13(19)8-15-18-12-3-1-2-4-14(12)20-15/h1-7H,8H2. The first-order valence-electron chi connectivity index (χ1n) is 5.96. The molecule has 0 saturated carbocycles. The molecule has 3 nitrogen and oxygen atoms in total. The number of rotatable bonds is 3. The predicted octanol–water partition coefficient (Wildman–Crippen LogP) is 3.53. The molecule has 0 radical (unpaired) electrons. The van der Waals surface area contributed by atoms with Gasteiger partial charge in [-0.3, -0.25) is 4.79 Å². The summed E-state index contributed by atoms with van der Waals surface area (Å²) in [7, 11) is 0. The molecule has 0 aliphatic carbocycles. The smallest absolute Gasteiger partial charge is 0.203 e. The van der Waals surface area contributed by atoms with Crippen LogP contribution in [-0.4, -0.2) is 10.8 Å². The number of para-hydroxylation sites is 2. The summed E-state index contributed by atoms with van der Waals surface area (Å²) in [5, 5.41) is 0. The monoisotopic (exact) mass is 273 g/mol. The summed E-state index contributed by atoms with van der Waals surface area (Å²) in [5.41, 5.74) is 1.33. The van der Waals surface area contributed by atoms with Gasteiger partial charge >= 0.3 is 0 Å². The number of benzene rings is 2. The molecule has 0 saturated heterocycles. The van der Waals surface area contributed by atoms with Crippen LogP contribution in [0.3, 0.4) is 0 Å². The van der Waals surface area contributed by atoms with E-state index >= 15 is 0 Å². The van der Waals surface area contributed by atoms with E-state index in [-0.39, 0.29) is 23.7 Å². The number of hydrogen-bond donors (Lipinski definition) is 0. The lowest BCUT2D eigenvalue weighted by Gasteiger charge is -1.99. The lowest BCUT2D eigenvalue weighted by molar-refractivity contribution is 0.0985. The number of nitrogens with zero attached hydrogens (tertiary/aromatic N) is 1. The first-order valence-corrected chi connectivity index (χ1v) is 5.96. The maximum absolute atomic E-state index is 13.1. The molecule has 0 unspecified atom stereocenters. The van der Waals surface area contributed by atoms with E-state index in [0.717, 1.165) is 12.1 Å². The van der Waals surface area contributed by atoms with Crippen molar-refractivity contribution < 1.29 is 18.0 Å². The van der Waals surface area contributed by atoms with Crippen LogP contribution >= 0.6 is 0 Å². The molecule has 3 rings (SSSR count). The maximum Gasteiger partial charge on any atom is 0.203 e. The third kappa shape index (κ3) is 2.30. The highest BCUT2D eigenvalue weighted by Crippen LogP contribution is 2.17. The molecule has 5 heteroatoms. The van der Waals surface area contributed by atoms with Crippen molar-refractivity contribution in [1.29, 1.82) is 0 Å². The van der Waals surface area contributed by atoms with Gasteiger partial charge in [-0.25, -0.2) is 13.8 Å². The van der Waals surface area contributed by atoms with Gasteiger partial charge in [-0.05, 0) is 30.3 Å². The summed E-state index contributed by atoms with van der Waals surface area (Å²) in [6, 6.07) is 10.2. The minimum absolute atomic E-state index is 0.0890. The zero-order valence-electron chi connectivity index (χ0n) is 10.3. The number of fused-ring (bicyclic) bond motifs is 1. The Labute approximate surface area is 112 Å². The fourth-order valence-corrected chi connectivity index (χ4v) is 1.90. The van der Waals surface area contributed by atoms with Crippen LogP contribution < -0.4 is 0 Å². The number of halogens is 2. The van der Waals surface area contributed by atoms with Crippen LogP contribution in [0.2, 0.25) is 0 Å². The second-order valence-corrected chi connectivity index (χ2v) is 4.30. The molecule has 100 valence electrons. The van der Waals surface area contributed by atoms with Gasteiger partial charge in [-0.1, -0.05) is 12.1 Å². The lowest BCUT2D eigenvalue weighted by Crippen LogP contribution is -2.04. The van der Waals surface area contributed by atoms with Crippen LogP contribution in [0.1, 0.15) is 16.2 Å². The largest absolute Gasteiger partial charge is 0.440 e. The molecular weight excluding hydrogens is 264 g/mol. The van der Waals surface area contributed by atoms with Gasteiger partial charge < -0.3 is 4.42 Å². The Morgan fingerprint density at radius 3 is 2.65 bits per heavy atom. The number of carbonyl (C=O) groups excluding carboxylic acids is 1.